The molecule has 3 nitrogen and oxygen atoms in total. The SMILES string of the molecule is CC1CCCN(Cc2ccc(C#CCO)cc2F)C1=O. The standard InChI is InChI=1S/C16H18FNO2/c1-12-4-2-8-18(16(12)20)11-14-7-6-13(5-3-9-19)10-15(14)17/h6-7,10,12,19H,2,4,8-9,11H2,1H3. The monoisotopic (exact) mass is 275 g/mol. The number of aliphatic hydroxyl groups is 1. The Morgan fingerprint density at radius 3 is 3.00 bits per heavy atom. The molecule has 1 aliphatic heterocycles. The Hall–Kier alpha value is -1.86. The van der Waals surface area contributed by atoms with Crippen LogP contribution >= 0.6 is 0 Å². The van der Waals surface area contributed by atoms with Gasteiger partial charge in [-0.2, -0.15) is 0 Å². The molecule has 0 bridgehead atoms. The molecule has 0 aliphatic carbocycles. The predicted octanol–water partition coefficient (Wildman–Crippen LogP) is 1.93. The van der Waals surface area contributed by atoms with E-state index in [2.05, 4.69) is 11.8 Å². The molecule has 1 saturated heterocycles. The smallest absolute Gasteiger partial charge is 0.225 e. The van der Waals surface area contributed by atoms with Crippen molar-refractivity contribution in [3.63, 3.8) is 0 Å². The molecule has 1 fully saturated rings. The zero-order valence-corrected chi connectivity index (χ0v) is 11.5. The summed E-state index contributed by atoms with van der Waals surface area (Å²) in [7, 11) is 0. The molecule has 20 heavy (non-hydrogen) atoms. The highest BCUT2D eigenvalue weighted by atomic mass is 19.1. The fourth-order valence-electron chi connectivity index (χ4n) is 2.39. The summed E-state index contributed by atoms with van der Waals surface area (Å²) >= 11 is 0. The van der Waals surface area contributed by atoms with Crippen LogP contribution in [0.4, 0.5) is 4.39 Å². The predicted molar refractivity (Wildman–Crippen MR) is 74.2 cm³/mol. The number of likely N-dealkylation sites (tertiary alicyclic amines) is 1. The highest BCUT2D eigenvalue weighted by molar-refractivity contribution is 5.79. The molecule has 106 valence electrons. The highest BCUT2D eigenvalue weighted by Crippen LogP contribution is 2.20. The van der Waals surface area contributed by atoms with Crippen LogP contribution in [-0.2, 0) is 11.3 Å². The first-order valence-corrected chi connectivity index (χ1v) is 6.78. The molecule has 1 aromatic rings. The van der Waals surface area contributed by atoms with Crippen LogP contribution in [0.25, 0.3) is 0 Å². The zero-order chi connectivity index (χ0) is 14.5. The van der Waals surface area contributed by atoms with Gasteiger partial charge in [-0.15, -0.1) is 0 Å². The number of benzene rings is 1. The Labute approximate surface area is 118 Å². The minimum absolute atomic E-state index is 0.0292. The van der Waals surface area contributed by atoms with Crippen molar-refractivity contribution >= 4 is 5.91 Å². The Morgan fingerprint density at radius 1 is 1.50 bits per heavy atom. The lowest BCUT2D eigenvalue weighted by Gasteiger charge is -2.30. The van der Waals surface area contributed by atoms with Crippen LogP contribution in [0.3, 0.4) is 0 Å². The molecule has 0 saturated carbocycles. The summed E-state index contributed by atoms with van der Waals surface area (Å²) < 4.78 is 14.0. The highest BCUT2D eigenvalue weighted by Gasteiger charge is 2.25. The van der Waals surface area contributed by atoms with E-state index >= 15 is 0 Å². The van der Waals surface area contributed by atoms with Gasteiger partial charge in [0.05, 0.1) is 0 Å². The number of hydrogen-bond donors (Lipinski definition) is 1. The van der Waals surface area contributed by atoms with Gasteiger partial charge in [0.1, 0.15) is 12.4 Å². The van der Waals surface area contributed by atoms with Crippen molar-refractivity contribution in [2.45, 2.75) is 26.3 Å². The van der Waals surface area contributed by atoms with Crippen molar-refractivity contribution in [1.29, 1.82) is 0 Å². The first-order valence-electron chi connectivity index (χ1n) is 6.78. The minimum atomic E-state index is -0.360. The maximum atomic E-state index is 14.0. The molecule has 2 rings (SSSR count). The number of carbonyl (C=O) groups is 1. The van der Waals surface area contributed by atoms with Gasteiger partial charge in [0.25, 0.3) is 0 Å². The fourth-order valence-corrected chi connectivity index (χ4v) is 2.39. The molecule has 1 aromatic carbocycles. The van der Waals surface area contributed by atoms with Crippen LogP contribution in [-0.4, -0.2) is 29.1 Å². The second-order valence-corrected chi connectivity index (χ2v) is 5.07. The van der Waals surface area contributed by atoms with Gasteiger partial charge in [0, 0.05) is 30.1 Å². The van der Waals surface area contributed by atoms with Gasteiger partial charge in [0.2, 0.25) is 5.91 Å². The minimum Gasteiger partial charge on any atom is -0.384 e. The summed E-state index contributed by atoms with van der Waals surface area (Å²) in [4.78, 5) is 13.7. The Kier molecular flexibility index (Phi) is 4.75. The number of halogens is 1. The summed E-state index contributed by atoms with van der Waals surface area (Å²) in [6, 6.07) is 4.71. The number of amides is 1. The topological polar surface area (TPSA) is 40.5 Å². The number of piperidine rings is 1. The van der Waals surface area contributed by atoms with Crippen molar-refractivity contribution in [1.82, 2.24) is 4.90 Å². The largest absolute Gasteiger partial charge is 0.384 e. The van der Waals surface area contributed by atoms with Crippen molar-refractivity contribution in [2.24, 2.45) is 5.92 Å². The molecule has 1 aliphatic rings. The van der Waals surface area contributed by atoms with Gasteiger partial charge in [-0.25, -0.2) is 4.39 Å². The molecular weight excluding hydrogens is 257 g/mol. The molecule has 4 heteroatoms. The first-order chi connectivity index (χ1) is 9.61. The van der Waals surface area contributed by atoms with Crippen LogP contribution in [0.5, 0.6) is 0 Å². The first kappa shape index (κ1) is 14.5. The zero-order valence-electron chi connectivity index (χ0n) is 11.5. The third kappa shape index (κ3) is 3.37. The van der Waals surface area contributed by atoms with E-state index in [0.29, 0.717) is 24.2 Å². The summed E-state index contributed by atoms with van der Waals surface area (Å²) in [5.41, 5.74) is 1.03. The van der Waals surface area contributed by atoms with E-state index in [1.54, 1.807) is 17.0 Å². The molecule has 1 heterocycles. The van der Waals surface area contributed by atoms with E-state index < -0.39 is 0 Å². The molecule has 0 radical (unpaired) electrons. The summed E-state index contributed by atoms with van der Waals surface area (Å²) in [5.74, 6) is 4.91. The van der Waals surface area contributed by atoms with E-state index in [1.165, 1.54) is 6.07 Å². The Bertz CT molecular complexity index is 559. The average molecular weight is 275 g/mol. The molecule has 1 unspecified atom stereocenters. The van der Waals surface area contributed by atoms with Gasteiger partial charge in [-0.05, 0) is 25.0 Å². The number of aliphatic hydroxyl groups excluding tert-OH is 1. The summed E-state index contributed by atoms with van der Waals surface area (Å²) in [6.07, 6.45) is 1.88. The van der Waals surface area contributed by atoms with Crippen LogP contribution in [0.15, 0.2) is 18.2 Å². The molecule has 1 atom stereocenters. The van der Waals surface area contributed by atoms with Gasteiger partial charge in [-0.1, -0.05) is 24.8 Å². The average Bonchev–Trinajstić information content (AvgIpc) is 2.44. The van der Waals surface area contributed by atoms with Crippen LogP contribution in [0.1, 0.15) is 30.9 Å². The number of carbonyl (C=O) groups excluding carboxylic acids is 1. The van der Waals surface area contributed by atoms with Gasteiger partial charge in [-0.3, -0.25) is 4.79 Å². The van der Waals surface area contributed by atoms with Gasteiger partial charge < -0.3 is 10.0 Å². The van der Waals surface area contributed by atoms with Crippen LogP contribution in [0, 0.1) is 23.6 Å². The molecule has 0 spiro atoms. The van der Waals surface area contributed by atoms with E-state index in [9.17, 15) is 9.18 Å². The van der Waals surface area contributed by atoms with Gasteiger partial charge in [0.15, 0.2) is 0 Å². The summed E-state index contributed by atoms with van der Waals surface area (Å²) in [6.45, 7) is 2.67. The third-order valence-electron chi connectivity index (χ3n) is 3.52. The number of rotatable bonds is 2. The van der Waals surface area contributed by atoms with E-state index in [0.717, 1.165) is 12.8 Å². The maximum Gasteiger partial charge on any atom is 0.225 e. The lowest BCUT2D eigenvalue weighted by atomic mass is 9.98. The van der Waals surface area contributed by atoms with E-state index in [-0.39, 0.29) is 24.2 Å². The molecule has 1 amide bonds. The second-order valence-electron chi connectivity index (χ2n) is 5.07. The Balaban J connectivity index is 2.11. The number of nitrogens with zero attached hydrogens (tertiary/aromatic N) is 1. The molecule has 1 N–H and O–H groups in total. The van der Waals surface area contributed by atoms with Crippen molar-refractivity contribution < 1.29 is 14.3 Å². The normalized spacial score (nSPS) is 18.6. The maximum absolute atomic E-state index is 14.0. The lowest BCUT2D eigenvalue weighted by molar-refractivity contribution is -0.138. The van der Waals surface area contributed by atoms with Crippen molar-refractivity contribution in [3.8, 4) is 11.8 Å². The lowest BCUT2D eigenvalue weighted by Crippen LogP contribution is -2.39. The van der Waals surface area contributed by atoms with Crippen LogP contribution in [0.2, 0.25) is 0 Å². The van der Waals surface area contributed by atoms with E-state index in [1.807, 2.05) is 6.92 Å². The fraction of sp³-hybridized carbons (Fsp3) is 0.438. The molecule has 0 aromatic heterocycles. The van der Waals surface area contributed by atoms with Crippen LogP contribution < -0.4 is 0 Å². The third-order valence-corrected chi connectivity index (χ3v) is 3.52. The number of hydrogen-bond acceptors (Lipinski definition) is 2. The van der Waals surface area contributed by atoms with E-state index in [4.69, 9.17) is 5.11 Å². The van der Waals surface area contributed by atoms with Crippen molar-refractivity contribution in [3.05, 3.63) is 35.1 Å². The van der Waals surface area contributed by atoms with Gasteiger partial charge >= 0.3 is 0 Å². The quantitative estimate of drug-likeness (QED) is 0.838. The molecular formula is C16H18FNO2. The van der Waals surface area contributed by atoms with Crippen molar-refractivity contribution in [2.75, 3.05) is 13.2 Å². The Morgan fingerprint density at radius 2 is 2.30 bits per heavy atom. The second kappa shape index (κ2) is 6.53. The summed E-state index contributed by atoms with van der Waals surface area (Å²) in [5, 5.41) is 8.61.